The Labute approximate surface area is 118 Å². The predicted octanol–water partition coefficient (Wildman–Crippen LogP) is 2.58. The van der Waals surface area contributed by atoms with Gasteiger partial charge in [0.2, 0.25) is 0 Å². The van der Waals surface area contributed by atoms with Gasteiger partial charge in [-0.2, -0.15) is 0 Å². The second-order valence-electron chi connectivity index (χ2n) is 4.82. The fourth-order valence-corrected chi connectivity index (χ4v) is 1.84. The minimum absolute atomic E-state index is 0.195. The predicted molar refractivity (Wildman–Crippen MR) is 78.1 cm³/mol. The van der Waals surface area contributed by atoms with E-state index < -0.39 is 0 Å². The highest BCUT2D eigenvalue weighted by Gasteiger charge is 2.12. The monoisotopic (exact) mass is 284 g/mol. The van der Waals surface area contributed by atoms with Crippen LogP contribution in [0.4, 0.5) is 5.82 Å². The normalized spacial score (nSPS) is 10.6. The third-order valence-electron chi connectivity index (χ3n) is 2.70. The van der Waals surface area contributed by atoms with E-state index >= 15 is 0 Å². The summed E-state index contributed by atoms with van der Waals surface area (Å²) in [5, 5.41) is 3.13. The van der Waals surface area contributed by atoms with Gasteiger partial charge in [0.1, 0.15) is 11.5 Å². The number of nitrogens with one attached hydrogen (secondary N) is 2. The van der Waals surface area contributed by atoms with E-state index in [-0.39, 0.29) is 11.6 Å². The minimum Gasteiger partial charge on any atom is -0.351 e. The van der Waals surface area contributed by atoms with E-state index in [1.54, 1.807) is 12.1 Å². The minimum atomic E-state index is -0.272. The van der Waals surface area contributed by atoms with Gasteiger partial charge in [0.25, 0.3) is 5.91 Å². The van der Waals surface area contributed by atoms with Crippen molar-refractivity contribution in [2.24, 2.45) is 11.8 Å². The number of carbonyl (C=O) groups excluding carboxylic acids is 1. The first-order chi connectivity index (χ1) is 9.04. The summed E-state index contributed by atoms with van der Waals surface area (Å²) in [7, 11) is 0. The SMILES string of the molecule is CC(C)CCCCNC(=O)c1nc(NN)ccc1Cl. The Balaban J connectivity index is 2.45. The summed E-state index contributed by atoms with van der Waals surface area (Å²) < 4.78 is 0. The number of aromatic nitrogens is 1. The van der Waals surface area contributed by atoms with Crippen LogP contribution in [0, 0.1) is 5.92 Å². The lowest BCUT2D eigenvalue weighted by Gasteiger charge is -2.08. The van der Waals surface area contributed by atoms with Crippen molar-refractivity contribution in [3.05, 3.63) is 22.8 Å². The van der Waals surface area contributed by atoms with Crippen LogP contribution in [0.3, 0.4) is 0 Å². The van der Waals surface area contributed by atoms with Crippen LogP contribution in [0.25, 0.3) is 0 Å². The average Bonchev–Trinajstić information content (AvgIpc) is 2.38. The first-order valence-electron chi connectivity index (χ1n) is 6.46. The van der Waals surface area contributed by atoms with Crippen molar-refractivity contribution in [3.63, 3.8) is 0 Å². The van der Waals surface area contributed by atoms with Crippen LogP contribution in [0.5, 0.6) is 0 Å². The maximum absolute atomic E-state index is 11.9. The molecule has 0 atom stereocenters. The standard InChI is InChI=1S/C13H21ClN4O/c1-9(2)5-3-4-8-16-13(19)12-10(14)6-7-11(17-12)18-15/h6-7,9H,3-5,8,15H2,1-2H3,(H,16,19)(H,17,18). The molecular formula is C13H21ClN4O. The highest BCUT2D eigenvalue weighted by Crippen LogP contribution is 2.16. The van der Waals surface area contributed by atoms with Crippen LogP contribution in [0.2, 0.25) is 5.02 Å². The average molecular weight is 285 g/mol. The molecule has 1 rings (SSSR count). The van der Waals surface area contributed by atoms with Gasteiger partial charge < -0.3 is 10.7 Å². The zero-order valence-electron chi connectivity index (χ0n) is 11.4. The van der Waals surface area contributed by atoms with Gasteiger partial charge in [0, 0.05) is 6.54 Å². The van der Waals surface area contributed by atoms with Crippen LogP contribution in [0.1, 0.15) is 43.6 Å². The molecule has 0 unspecified atom stereocenters. The zero-order valence-corrected chi connectivity index (χ0v) is 12.1. The number of nitrogens with zero attached hydrogens (tertiary/aromatic N) is 1. The molecule has 0 fully saturated rings. The van der Waals surface area contributed by atoms with Gasteiger partial charge in [-0.1, -0.05) is 38.3 Å². The molecular weight excluding hydrogens is 264 g/mol. The quantitative estimate of drug-likeness (QED) is 0.408. The number of hydrogen-bond donors (Lipinski definition) is 3. The van der Waals surface area contributed by atoms with E-state index in [4.69, 9.17) is 17.4 Å². The molecule has 0 aromatic carbocycles. The largest absolute Gasteiger partial charge is 0.351 e. The van der Waals surface area contributed by atoms with Crippen LogP contribution in [-0.4, -0.2) is 17.4 Å². The van der Waals surface area contributed by atoms with Gasteiger partial charge in [0.15, 0.2) is 0 Å². The number of anilines is 1. The van der Waals surface area contributed by atoms with E-state index in [1.807, 2.05) is 0 Å². The topological polar surface area (TPSA) is 80.0 Å². The number of unbranched alkanes of at least 4 members (excludes halogenated alkanes) is 1. The number of nitrogen functional groups attached to an aromatic ring is 1. The number of amides is 1. The Bertz CT molecular complexity index is 423. The Kier molecular flexibility index (Phi) is 6.59. The number of carbonyl (C=O) groups is 1. The smallest absolute Gasteiger partial charge is 0.271 e. The first-order valence-corrected chi connectivity index (χ1v) is 6.83. The third kappa shape index (κ3) is 5.44. The van der Waals surface area contributed by atoms with E-state index in [1.165, 1.54) is 6.42 Å². The number of halogens is 1. The molecule has 1 heterocycles. The summed E-state index contributed by atoms with van der Waals surface area (Å²) in [6, 6.07) is 3.21. The fraction of sp³-hybridized carbons (Fsp3) is 0.538. The summed E-state index contributed by atoms with van der Waals surface area (Å²) in [5.74, 6) is 6.08. The molecule has 4 N–H and O–H groups in total. The van der Waals surface area contributed by atoms with Crippen molar-refractivity contribution < 1.29 is 4.79 Å². The van der Waals surface area contributed by atoms with Crippen molar-refractivity contribution in [2.75, 3.05) is 12.0 Å². The Morgan fingerprint density at radius 1 is 1.42 bits per heavy atom. The van der Waals surface area contributed by atoms with Gasteiger partial charge >= 0.3 is 0 Å². The lowest BCUT2D eigenvalue weighted by molar-refractivity contribution is 0.0948. The molecule has 0 aliphatic heterocycles. The molecule has 0 bridgehead atoms. The third-order valence-corrected chi connectivity index (χ3v) is 3.01. The summed E-state index contributed by atoms with van der Waals surface area (Å²) in [6.45, 7) is 5.00. The molecule has 106 valence electrons. The molecule has 5 nitrogen and oxygen atoms in total. The molecule has 0 saturated carbocycles. The Morgan fingerprint density at radius 3 is 2.79 bits per heavy atom. The first kappa shape index (κ1) is 15.7. The van der Waals surface area contributed by atoms with Crippen molar-refractivity contribution >= 4 is 23.3 Å². The van der Waals surface area contributed by atoms with Crippen molar-refractivity contribution in [2.45, 2.75) is 33.1 Å². The number of hydrogen-bond acceptors (Lipinski definition) is 4. The van der Waals surface area contributed by atoms with Gasteiger partial charge in [-0.05, 0) is 24.5 Å². The molecule has 1 aromatic heterocycles. The number of pyridine rings is 1. The van der Waals surface area contributed by atoms with Crippen molar-refractivity contribution in [1.29, 1.82) is 0 Å². The Morgan fingerprint density at radius 2 is 2.16 bits per heavy atom. The molecule has 0 spiro atoms. The summed E-state index contributed by atoms with van der Waals surface area (Å²) in [6.07, 6.45) is 3.22. The second-order valence-corrected chi connectivity index (χ2v) is 5.22. The number of hydrazine groups is 1. The van der Waals surface area contributed by atoms with Gasteiger partial charge in [-0.25, -0.2) is 10.8 Å². The molecule has 0 aliphatic rings. The van der Waals surface area contributed by atoms with E-state index in [2.05, 4.69) is 29.6 Å². The zero-order chi connectivity index (χ0) is 14.3. The van der Waals surface area contributed by atoms with Gasteiger partial charge in [-0.3, -0.25) is 4.79 Å². The highest BCUT2D eigenvalue weighted by atomic mass is 35.5. The van der Waals surface area contributed by atoms with E-state index in [0.717, 1.165) is 12.8 Å². The molecule has 1 amide bonds. The molecule has 0 aliphatic carbocycles. The van der Waals surface area contributed by atoms with E-state index in [0.29, 0.717) is 23.3 Å². The van der Waals surface area contributed by atoms with Gasteiger partial charge in [0.05, 0.1) is 5.02 Å². The number of nitrogens with two attached hydrogens (primary N) is 1. The lowest BCUT2D eigenvalue weighted by atomic mass is 10.1. The number of rotatable bonds is 7. The molecule has 1 aromatic rings. The van der Waals surface area contributed by atoms with Crippen LogP contribution in [0.15, 0.2) is 12.1 Å². The maximum Gasteiger partial charge on any atom is 0.271 e. The van der Waals surface area contributed by atoms with Crippen LogP contribution < -0.4 is 16.6 Å². The van der Waals surface area contributed by atoms with Crippen LogP contribution >= 0.6 is 11.6 Å². The molecule has 19 heavy (non-hydrogen) atoms. The lowest BCUT2D eigenvalue weighted by Crippen LogP contribution is -2.26. The fourth-order valence-electron chi connectivity index (χ4n) is 1.65. The van der Waals surface area contributed by atoms with Crippen molar-refractivity contribution in [1.82, 2.24) is 10.3 Å². The summed E-state index contributed by atoms with van der Waals surface area (Å²) in [4.78, 5) is 15.9. The maximum atomic E-state index is 11.9. The van der Waals surface area contributed by atoms with E-state index in [9.17, 15) is 4.79 Å². The highest BCUT2D eigenvalue weighted by molar-refractivity contribution is 6.33. The molecule has 0 saturated heterocycles. The second kappa shape index (κ2) is 7.96. The van der Waals surface area contributed by atoms with Crippen LogP contribution in [-0.2, 0) is 0 Å². The van der Waals surface area contributed by atoms with Crippen molar-refractivity contribution in [3.8, 4) is 0 Å². The summed E-state index contributed by atoms with van der Waals surface area (Å²) >= 11 is 5.94. The molecule has 6 heteroatoms. The summed E-state index contributed by atoms with van der Waals surface area (Å²) in [5.41, 5.74) is 2.58. The Hall–Kier alpha value is -1.33. The van der Waals surface area contributed by atoms with Gasteiger partial charge in [-0.15, -0.1) is 0 Å². The molecule has 0 radical (unpaired) electrons.